The maximum absolute atomic E-state index is 13.6. The van der Waals surface area contributed by atoms with Crippen molar-refractivity contribution < 1.29 is 28.6 Å². The minimum atomic E-state index is -0.814. The van der Waals surface area contributed by atoms with E-state index in [1.54, 1.807) is 18.2 Å². The molecule has 7 nitrogen and oxygen atoms in total. The first kappa shape index (κ1) is 21.8. The molecule has 0 aromatic heterocycles. The number of amides is 1. The zero-order valence-electron chi connectivity index (χ0n) is 18.0. The Morgan fingerprint density at radius 3 is 2.47 bits per heavy atom. The zero-order chi connectivity index (χ0) is 22.8. The number of ketones is 1. The van der Waals surface area contributed by atoms with Gasteiger partial charge in [0.2, 0.25) is 0 Å². The van der Waals surface area contributed by atoms with Crippen molar-refractivity contribution in [3.8, 4) is 11.5 Å². The average molecular weight is 440 g/mol. The summed E-state index contributed by atoms with van der Waals surface area (Å²) in [7, 11) is 3.85. The van der Waals surface area contributed by atoms with Gasteiger partial charge in [0.15, 0.2) is 11.5 Å². The fourth-order valence-electron chi connectivity index (χ4n) is 4.01. The van der Waals surface area contributed by atoms with Gasteiger partial charge in [-0.3, -0.25) is 9.59 Å². The summed E-state index contributed by atoms with van der Waals surface area (Å²) in [5, 5.41) is 11.1. The molecule has 2 aromatic carbocycles. The van der Waals surface area contributed by atoms with E-state index < -0.39 is 23.5 Å². The Labute approximate surface area is 185 Å². The van der Waals surface area contributed by atoms with Crippen LogP contribution in [0.25, 0.3) is 5.76 Å². The highest BCUT2D eigenvalue weighted by atomic mass is 19.1. The van der Waals surface area contributed by atoms with Gasteiger partial charge in [-0.1, -0.05) is 12.1 Å². The van der Waals surface area contributed by atoms with E-state index >= 15 is 0 Å². The highest BCUT2D eigenvalue weighted by molar-refractivity contribution is 6.46. The summed E-state index contributed by atoms with van der Waals surface area (Å²) in [5.41, 5.74) is 0.866. The van der Waals surface area contributed by atoms with Crippen LogP contribution in [0.5, 0.6) is 11.5 Å². The van der Waals surface area contributed by atoms with Gasteiger partial charge < -0.3 is 24.4 Å². The van der Waals surface area contributed by atoms with E-state index in [4.69, 9.17) is 9.47 Å². The molecule has 2 heterocycles. The van der Waals surface area contributed by atoms with Crippen molar-refractivity contribution in [3.05, 3.63) is 65.0 Å². The number of aliphatic hydroxyl groups excluding tert-OH is 1. The van der Waals surface area contributed by atoms with Crippen LogP contribution < -0.4 is 9.47 Å². The van der Waals surface area contributed by atoms with Crippen LogP contribution in [0.4, 0.5) is 4.39 Å². The number of carbonyl (C=O) groups excluding carboxylic acids is 2. The Morgan fingerprint density at radius 1 is 1.09 bits per heavy atom. The monoisotopic (exact) mass is 440 g/mol. The molecule has 32 heavy (non-hydrogen) atoms. The molecule has 1 atom stereocenters. The number of carbonyl (C=O) groups is 2. The van der Waals surface area contributed by atoms with Crippen molar-refractivity contribution in [2.75, 3.05) is 40.4 Å². The molecule has 1 amide bonds. The summed E-state index contributed by atoms with van der Waals surface area (Å²) < 4.78 is 24.6. The number of nitrogens with zero attached hydrogens (tertiary/aromatic N) is 2. The number of hydrogen-bond acceptors (Lipinski definition) is 6. The van der Waals surface area contributed by atoms with E-state index in [1.807, 2.05) is 19.0 Å². The van der Waals surface area contributed by atoms with Crippen molar-refractivity contribution in [2.45, 2.75) is 12.5 Å². The summed E-state index contributed by atoms with van der Waals surface area (Å²) in [6.45, 7) is 1.86. The fourth-order valence-corrected chi connectivity index (χ4v) is 4.01. The lowest BCUT2D eigenvalue weighted by atomic mass is 9.95. The standard InChI is InChI=1S/C24H25FN2O5/c1-26(2)10-3-11-27-21(15-4-7-17(25)8-5-15)20(23(29)24(27)30)22(28)16-6-9-18-19(14-16)32-13-12-31-18/h4-9,14,21,28H,3,10-13H2,1-2H3/b22-20+/t21-/m1/s1. The van der Waals surface area contributed by atoms with Crippen LogP contribution in [0.1, 0.15) is 23.6 Å². The fraction of sp³-hybridized carbons (Fsp3) is 0.333. The van der Waals surface area contributed by atoms with E-state index in [1.165, 1.54) is 29.2 Å². The largest absolute Gasteiger partial charge is 0.507 e. The predicted molar refractivity (Wildman–Crippen MR) is 116 cm³/mol. The first-order valence-electron chi connectivity index (χ1n) is 10.5. The number of ether oxygens (including phenoxy) is 2. The SMILES string of the molecule is CN(C)CCCN1C(=O)C(=O)/C(=C(/O)c2ccc3c(c2)OCCO3)[C@H]1c1ccc(F)cc1. The van der Waals surface area contributed by atoms with Gasteiger partial charge in [-0.2, -0.15) is 0 Å². The topological polar surface area (TPSA) is 79.3 Å². The van der Waals surface area contributed by atoms with Crippen LogP contribution in [-0.2, 0) is 9.59 Å². The van der Waals surface area contributed by atoms with Crippen molar-refractivity contribution in [1.82, 2.24) is 9.80 Å². The Hall–Kier alpha value is -3.39. The summed E-state index contributed by atoms with van der Waals surface area (Å²) in [5.74, 6) is -1.17. The summed E-state index contributed by atoms with van der Waals surface area (Å²) >= 11 is 0. The number of halogens is 1. The molecule has 168 valence electrons. The summed E-state index contributed by atoms with van der Waals surface area (Å²) in [6, 6.07) is 9.66. The molecule has 2 aliphatic rings. The van der Waals surface area contributed by atoms with E-state index in [2.05, 4.69) is 0 Å². The normalized spacial score (nSPS) is 19.6. The molecule has 0 aliphatic carbocycles. The van der Waals surface area contributed by atoms with Crippen LogP contribution in [0.15, 0.2) is 48.0 Å². The van der Waals surface area contributed by atoms with Crippen molar-refractivity contribution >= 4 is 17.4 Å². The first-order valence-corrected chi connectivity index (χ1v) is 10.5. The Morgan fingerprint density at radius 2 is 1.78 bits per heavy atom. The van der Waals surface area contributed by atoms with Gasteiger partial charge in [0.25, 0.3) is 11.7 Å². The smallest absolute Gasteiger partial charge is 0.295 e. The minimum Gasteiger partial charge on any atom is -0.507 e. The molecule has 1 saturated heterocycles. The summed E-state index contributed by atoms with van der Waals surface area (Å²) in [4.78, 5) is 29.4. The van der Waals surface area contributed by atoms with E-state index in [0.29, 0.717) is 48.8 Å². The molecule has 0 unspecified atom stereocenters. The van der Waals surface area contributed by atoms with Crippen molar-refractivity contribution in [3.63, 3.8) is 0 Å². The lowest BCUT2D eigenvalue weighted by Gasteiger charge is -2.26. The van der Waals surface area contributed by atoms with Gasteiger partial charge in [0.05, 0.1) is 11.6 Å². The molecule has 0 bridgehead atoms. The number of hydrogen-bond donors (Lipinski definition) is 1. The number of aliphatic hydroxyl groups is 1. The van der Waals surface area contributed by atoms with Crippen LogP contribution in [0.3, 0.4) is 0 Å². The molecule has 0 radical (unpaired) electrons. The Balaban J connectivity index is 1.77. The lowest BCUT2D eigenvalue weighted by Crippen LogP contribution is -2.32. The second-order valence-corrected chi connectivity index (χ2v) is 8.06. The number of benzene rings is 2. The number of rotatable bonds is 6. The number of Topliss-reactive ketones (excluding diaryl/α,β-unsaturated/α-hetero) is 1. The molecular weight excluding hydrogens is 415 g/mol. The van der Waals surface area contributed by atoms with Crippen molar-refractivity contribution in [2.24, 2.45) is 0 Å². The Bertz CT molecular complexity index is 1060. The third-order valence-electron chi connectivity index (χ3n) is 5.55. The highest BCUT2D eigenvalue weighted by Crippen LogP contribution is 2.41. The van der Waals surface area contributed by atoms with Crippen LogP contribution in [0, 0.1) is 5.82 Å². The minimum absolute atomic E-state index is 0.0249. The highest BCUT2D eigenvalue weighted by Gasteiger charge is 2.45. The predicted octanol–water partition coefficient (Wildman–Crippen LogP) is 2.97. The molecule has 0 spiro atoms. The second kappa shape index (κ2) is 9.00. The quantitative estimate of drug-likeness (QED) is 0.423. The molecule has 1 N–H and O–H groups in total. The maximum atomic E-state index is 13.6. The van der Waals surface area contributed by atoms with Gasteiger partial charge in [-0.25, -0.2) is 4.39 Å². The number of likely N-dealkylation sites (tertiary alicyclic amines) is 1. The third kappa shape index (κ3) is 4.18. The van der Waals surface area contributed by atoms with Gasteiger partial charge in [0, 0.05) is 12.1 Å². The average Bonchev–Trinajstić information content (AvgIpc) is 3.03. The number of fused-ring (bicyclic) bond motifs is 1. The van der Waals surface area contributed by atoms with Crippen molar-refractivity contribution in [1.29, 1.82) is 0 Å². The van der Waals surface area contributed by atoms with Crippen LogP contribution in [-0.4, -0.2) is 67.0 Å². The molecule has 4 rings (SSSR count). The summed E-state index contributed by atoms with van der Waals surface area (Å²) in [6.07, 6.45) is 0.641. The van der Waals surface area contributed by atoms with Crippen LogP contribution in [0.2, 0.25) is 0 Å². The van der Waals surface area contributed by atoms with Gasteiger partial charge in [-0.15, -0.1) is 0 Å². The van der Waals surface area contributed by atoms with E-state index in [-0.39, 0.29) is 11.3 Å². The first-order chi connectivity index (χ1) is 15.4. The zero-order valence-corrected chi connectivity index (χ0v) is 18.0. The molecule has 8 heteroatoms. The third-order valence-corrected chi connectivity index (χ3v) is 5.55. The molecule has 2 aliphatic heterocycles. The molecule has 2 aromatic rings. The maximum Gasteiger partial charge on any atom is 0.295 e. The Kier molecular flexibility index (Phi) is 6.14. The van der Waals surface area contributed by atoms with E-state index in [9.17, 15) is 19.1 Å². The van der Waals surface area contributed by atoms with Gasteiger partial charge in [0.1, 0.15) is 24.8 Å². The second-order valence-electron chi connectivity index (χ2n) is 8.06. The van der Waals surface area contributed by atoms with E-state index in [0.717, 1.165) is 6.54 Å². The molecule has 0 saturated carbocycles. The molecular formula is C24H25FN2O5. The molecule has 1 fully saturated rings. The van der Waals surface area contributed by atoms with Crippen LogP contribution >= 0.6 is 0 Å². The van der Waals surface area contributed by atoms with Gasteiger partial charge in [-0.05, 0) is 63.0 Å². The van der Waals surface area contributed by atoms with Gasteiger partial charge >= 0.3 is 0 Å². The lowest BCUT2D eigenvalue weighted by molar-refractivity contribution is -0.139.